The molecule has 0 aliphatic heterocycles. The van der Waals surface area contributed by atoms with Crippen molar-refractivity contribution in [1.29, 1.82) is 0 Å². The maximum atomic E-state index is 10.7. The van der Waals surface area contributed by atoms with Gasteiger partial charge in [-0.25, -0.2) is 0 Å². The molecule has 2 aromatic rings. The zero-order valence-corrected chi connectivity index (χ0v) is 17.2. The molecule has 2 aromatic carbocycles. The summed E-state index contributed by atoms with van der Waals surface area (Å²) in [7, 11) is 0. The number of fused-ring (bicyclic) bond motifs is 1. The zero-order chi connectivity index (χ0) is 19.5. The van der Waals surface area contributed by atoms with Crippen molar-refractivity contribution >= 4 is 10.8 Å². The van der Waals surface area contributed by atoms with Crippen LogP contribution in [-0.4, -0.2) is 10.2 Å². The molecule has 0 aromatic heterocycles. The molecular formula is C24H34O2. The molecule has 142 valence electrons. The number of allylic oxidation sites excluding steroid dienone is 2. The van der Waals surface area contributed by atoms with Crippen LogP contribution in [0.15, 0.2) is 35.9 Å². The average molecular weight is 355 g/mol. The standard InChI is InChI=1S/C24H34O2/c1-7-16(2)14-24(5,6)15-17(3)12-13-19-18(4)22(25)20-10-8-9-11-21(20)23(19)26/h8-12,16,25-26H,7,13-15H2,1-6H3/b17-12+. The zero-order valence-electron chi connectivity index (χ0n) is 17.2. The van der Waals surface area contributed by atoms with E-state index in [1.807, 2.05) is 31.2 Å². The summed E-state index contributed by atoms with van der Waals surface area (Å²) in [5.74, 6) is 1.30. The molecule has 0 bridgehead atoms. The highest BCUT2D eigenvalue weighted by molar-refractivity contribution is 5.95. The van der Waals surface area contributed by atoms with E-state index in [1.165, 1.54) is 18.4 Å². The fourth-order valence-electron chi connectivity index (χ4n) is 4.09. The molecule has 0 aliphatic carbocycles. The summed E-state index contributed by atoms with van der Waals surface area (Å²) in [4.78, 5) is 0. The molecule has 0 aliphatic rings. The lowest BCUT2D eigenvalue weighted by molar-refractivity contribution is 0.270. The summed E-state index contributed by atoms with van der Waals surface area (Å²) in [6, 6.07) is 7.47. The molecule has 0 saturated carbocycles. The number of aromatic hydroxyl groups is 2. The van der Waals surface area contributed by atoms with E-state index in [1.54, 1.807) is 0 Å². The quantitative estimate of drug-likeness (QED) is 0.419. The number of phenolic OH excluding ortho intramolecular Hbond substituents is 2. The third-order valence-corrected chi connectivity index (χ3v) is 5.54. The number of hydrogen-bond donors (Lipinski definition) is 2. The van der Waals surface area contributed by atoms with Crippen LogP contribution in [0.5, 0.6) is 11.5 Å². The van der Waals surface area contributed by atoms with Crippen molar-refractivity contribution in [3.05, 3.63) is 47.0 Å². The molecule has 0 fully saturated rings. The maximum Gasteiger partial charge on any atom is 0.127 e. The van der Waals surface area contributed by atoms with Gasteiger partial charge in [-0.05, 0) is 50.0 Å². The highest BCUT2D eigenvalue weighted by Crippen LogP contribution is 2.40. The van der Waals surface area contributed by atoms with Crippen molar-refractivity contribution in [3.8, 4) is 11.5 Å². The second-order valence-electron chi connectivity index (χ2n) is 8.66. The summed E-state index contributed by atoms with van der Waals surface area (Å²) in [5, 5.41) is 22.6. The van der Waals surface area contributed by atoms with Gasteiger partial charge >= 0.3 is 0 Å². The van der Waals surface area contributed by atoms with Crippen molar-refractivity contribution in [2.24, 2.45) is 11.3 Å². The first-order valence-electron chi connectivity index (χ1n) is 9.74. The molecule has 2 N–H and O–H groups in total. The van der Waals surface area contributed by atoms with Crippen molar-refractivity contribution in [2.45, 2.75) is 67.2 Å². The van der Waals surface area contributed by atoms with Gasteiger partial charge in [0, 0.05) is 16.3 Å². The summed E-state index contributed by atoms with van der Waals surface area (Å²) in [5.41, 5.74) is 3.20. The van der Waals surface area contributed by atoms with Crippen molar-refractivity contribution < 1.29 is 10.2 Å². The molecule has 0 heterocycles. The number of benzene rings is 2. The van der Waals surface area contributed by atoms with Gasteiger partial charge in [-0.3, -0.25) is 0 Å². The van der Waals surface area contributed by atoms with Gasteiger partial charge in [0.15, 0.2) is 0 Å². The minimum atomic E-state index is 0.275. The predicted octanol–water partition coefficient (Wildman–Crippen LogP) is 6.90. The van der Waals surface area contributed by atoms with E-state index in [9.17, 15) is 10.2 Å². The van der Waals surface area contributed by atoms with E-state index < -0.39 is 0 Å². The van der Waals surface area contributed by atoms with Crippen LogP contribution in [0.4, 0.5) is 0 Å². The van der Waals surface area contributed by atoms with E-state index in [-0.39, 0.29) is 11.2 Å². The smallest absolute Gasteiger partial charge is 0.127 e. The molecule has 1 atom stereocenters. The Bertz CT molecular complexity index is 799. The average Bonchev–Trinajstić information content (AvgIpc) is 2.58. The Labute approximate surface area is 158 Å². The van der Waals surface area contributed by atoms with Gasteiger partial charge in [0.25, 0.3) is 0 Å². The van der Waals surface area contributed by atoms with Crippen LogP contribution in [0.1, 0.15) is 65.0 Å². The van der Waals surface area contributed by atoms with E-state index in [0.717, 1.165) is 23.5 Å². The number of phenols is 2. The molecule has 2 rings (SSSR count). The summed E-state index contributed by atoms with van der Waals surface area (Å²) >= 11 is 0. The van der Waals surface area contributed by atoms with Crippen molar-refractivity contribution in [3.63, 3.8) is 0 Å². The Morgan fingerprint density at radius 3 is 2.27 bits per heavy atom. The second kappa shape index (κ2) is 8.16. The van der Waals surface area contributed by atoms with E-state index >= 15 is 0 Å². The van der Waals surface area contributed by atoms with Crippen molar-refractivity contribution in [2.75, 3.05) is 0 Å². The number of hydrogen-bond acceptors (Lipinski definition) is 2. The highest BCUT2D eigenvalue weighted by atomic mass is 16.3. The fraction of sp³-hybridized carbons (Fsp3) is 0.500. The molecule has 0 radical (unpaired) electrons. The Balaban J connectivity index is 2.24. The number of rotatable bonds is 7. The van der Waals surface area contributed by atoms with E-state index in [4.69, 9.17) is 0 Å². The second-order valence-corrected chi connectivity index (χ2v) is 8.66. The van der Waals surface area contributed by atoms with Gasteiger partial charge in [0.05, 0.1) is 0 Å². The van der Waals surface area contributed by atoms with Gasteiger partial charge < -0.3 is 10.2 Å². The largest absolute Gasteiger partial charge is 0.507 e. The lowest BCUT2D eigenvalue weighted by Crippen LogP contribution is -2.16. The predicted molar refractivity (Wildman–Crippen MR) is 112 cm³/mol. The van der Waals surface area contributed by atoms with Crippen LogP contribution >= 0.6 is 0 Å². The first-order chi connectivity index (χ1) is 12.2. The van der Waals surface area contributed by atoms with E-state index in [2.05, 4.69) is 40.7 Å². The van der Waals surface area contributed by atoms with Crippen molar-refractivity contribution in [1.82, 2.24) is 0 Å². The minimum Gasteiger partial charge on any atom is -0.507 e. The highest BCUT2D eigenvalue weighted by Gasteiger charge is 2.21. The molecule has 0 spiro atoms. The van der Waals surface area contributed by atoms with Crippen LogP contribution in [0.25, 0.3) is 10.8 Å². The summed E-state index contributed by atoms with van der Waals surface area (Å²) < 4.78 is 0. The van der Waals surface area contributed by atoms with Crippen LogP contribution in [0.3, 0.4) is 0 Å². The van der Waals surface area contributed by atoms with Crippen LogP contribution in [0, 0.1) is 18.3 Å². The minimum absolute atomic E-state index is 0.275. The van der Waals surface area contributed by atoms with Gasteiger partial charge in [0.1, 0.15) is 11.5 Å². The Hall–Kier alpha value is -1.96. The molecule has 1 unspecified atom stereocenters. The topological polar surface area (TPSA) is 40.5 Å². The first-order valence-corrected chi connectivity index (χ1v) is 9.74. The van der Waals surface area contributed by atoms with Gasteiger partial charge in [-0.15, -0.1) is 0 Å². The molecule has 0 amide bonds. The Kier molecular flexibility index (Phi) is 6.39. The maximum absolute atomic E-state index is 10.7. The molecule has 2 heteroatoms. The van der Waals surface area contributed by atoms with Gasteiger partial charge in [-0.2, -0.15) is 0 Å². The fourth-order valence-corrected chi connectivity index (χ4v) is 4.09. The normalized spacial score (nSPS) is 14.0. The Morgan fingerprint density at radius 1 is 1.12 bits per heavy atom. The molecular weight excluding hydrogens is 320 g/mol. The lowest BCUT2D eigenvalue weighted by atomic mass is 9.77. The molecule has 26 heavy (non-hydrogen) atoms. The first kappa shape index (κ1) is 20.4. The van der Waals surface area contributed by atoms with Gasteiger partial charge in [-0.1, -0.05) is 70.0 Å². The Morgan fingerprint density at radius 2 is 1.69 bits per heavy atom. The van der Waals surface area contributed by atoms with E-state index in [0.29, 0.717) is 22.9 Å². The van der Waals surface area contributed by atoms with Gasteiger partial charge in [0.2, 0.25) is 0 Å². The molecule has 0 saturated heterocycles. The van der Waals surface area contributed by atoms with Crippen LogP contribution in [-0.2, 0) is 6.42 Å². The summed E-state index contributed by atoms with van der Waals surface area (Å²) in [6.07, 6.45) is 6.33. The molecule has 2 nitrogen and oxygen atoms in total. The third-order valence-electron chi connectivity index (χ3n) is 5.54. The lowest BCUT2D eigenvalue weighted by Gasteiger charge is -2.28. The monoisotopic (exact) mass is 354 g/mol. The van der Waals surface area contributed by atoms with Crippen LogP contribution < -0.4 is 0 Å². The van der Waals surface area contributed by atoms with Crippen LogP contribution in [0.2, 0.25) is 0 Å². The summed E-state index contributed by atoms with van der Waals surface area (Å²) in [6.45, 7) is 13.3. The third kappa shape index (κ3) is 4.60. The SMILES string of the molecule is CCC(C)CC(C)(C)C/C(C)=C/Cc1c(C)c(O)c2ccccc2c1O.